The number of pyridine rings is 2. The number of carbonyl (C=O) groups is 1. The van der Waals surface area contributed by atoms with Crippen LogP contribution in [0.2, 0.25) is 0 Å². The normalized spacial score (nSPS) is 11.3. The largest absolute Gasteiger partial charge is 0.482 e. The number of imidazole rings is 1. The predicted molar refractivity (Wildman–Crippen MR) is 107 cm³/mol. The molecule has 0 saturated carbocycles. The van der Waals surface area contributed by atoms with Crippen LogP contribution in [0.15, 0.2) is 30.3 Å². The maximum Gasteiger partial charge on any atom is 0.338 e. The van der Waals surface area contributed by atoms with Gasteiger partial charge in [-0.3, -0.25) is 4.40 Å². The highest BCUT2D eigenvalue weighted by molar-refractivity contribution is 5.91. The number of aromatic nitrogens is 4. The molecule has 0 aromatic carbocycles. The number of aromatic amines is 1. The molecule has 144 valence electrons. The number of nitrogens with zero attached hydrogens (tertiary/aromatic N) is 3. The maximum absolute atomic E-state index is 12.2. The molecule has 4 rings (SSSR count). The van der Waals surface area contributed by atoms with Crippen LogP contribution in [0.25, 0.3) is 28.1 Å². The standard InChI is InChI=1S/C21H22N4O3/c1-5-15-8-7-13-9-16(23-20(13)22-15)19-12(3)25-17(24-19)10-14(11-18(25)27-4)21(26)28-6-2/h7-11H,5-6H2,1-4H3,(H,22,23). The fraction of sp³-hybridized carbons (Fsp3) is 0.286. The third-order valence-electron chi connectivity index (χ3n) is 4.79. The van der Waals surface area contributed by atoms with Gasteiger partial charge in [0.05, 0.1) is 30.7 Å². The van der Waals surface area contributed by atoms with Gasteiger partial charge < -0.3 is 14.5 Å². The molecule has 4 aromatic heterocycles. The second-order valence-electron chi connectivity index (χ2n) is 6.52. The van der Waals surface area contributed by atoms with Crippen molar-refractivity contribution in [2.75, 3.05) is 13.7 Å². The zero-order valence-corrected chi connectivity index (χ0v) is 16.4. The number of carbonyl (C=O) groups excluding carboxylic acids is 1. The van der Waals surface area contributed by atoms with Crippen LogP contribution in [0, 0.1) is 6.92 Å². The predicted octanol–water partition coefficient (Wildman–Crippen LogP) is 3.93. The Morgan fingerprint density at radius 2 is 2.00 bits per heavy atom. The molecule has 0 aliphatic rings. The molecule has 0 amide bonds. The molecule has 0 radical (unpaired) electrons. The van der Waals surface area contributed by atoms with E-state index in [4.69, 9.17) is 14.5 Å². The van der Waals surface area contributed by atoms with Gasteiger partial charge in [-0.25, -0.2) is 14.8 Å². The number of hydrogen-bond acceptors (Lipinski definition) is 5. The van der Waals surface area contributed by atoms with Gasteiger partial charge in [-0.15, -0.1) is 0 Å². The minimum Gasteiger partial charge on any atom is -0.482 e. The van der Waals surface area contributed by atoms with Crippen molar-refractivity contribution in [3.05, 3.63) is 47.3 Å². The van der Waals surface area contributed by atoms with E-state index in [1.54, 1.807) is 26.2 Å². The van der Waals surface area contributed by atoms with Gasteiger partial charge in [0.25, 0.3) is 0 Å². The summed E-state index contributed by atoms with van der Waals surface area (Å²) < 4.78 is 12.5. The molecule has 28 heavy (non-hydrogen) atoms. The Morgan fingerprint density at radius 3 is 2.71 bits per heavy atom. The fourth-order valence-corrected chi connectivity index (χ4v) is 3.38. The summed E-state index contributed by atoms with van der Waals surface area (Å²) in [6, 6.07) is 9.52. The molecule has 0 atom stereocenters. The van der Waals surface area contributed by atoms with E-state index < -0.39 is 5.97 Å². The van der Waals surface area contributed by atoms with Crippen LogP contribution < -0.4 is 4.74 Å². The topological polar surface area (TPSA) is 81.5 Å². The molecule has 0 aliphatic heterocycles. The molecule has 0 fully saturated rings. The molecule has 4 heterocycles. The lowest BCUT2D eigenvalue weighted by molar-refractivity contribution is 0.0526. The van der Waals surface area contributed by atoms with E-state index in [-0.39, 0.29) is 0 Å². The van der Waals surface area contributed by atoms with Gasteiger partial charge >= 0.3 is 5.97 Å². The van der Waals surface area contributed by atoms with Crippen molar-refractivity contribution in [3.63, 3.8) is 0 Å². The van der Waals surface area contributed by atoms with Crippen LogP contribution in [0.1, 0.15) is 35.6 Å². The summed E-state index contributed by atoms with van der Waals surface area (Å²) in [5.41, 5.74) is 5.47. The lowest BCUT2D eigenvalue weighted by Gasteiger charge is -2.08. The summed E-state index contributed by atoms with van der Waals surface area (Å²) in [6.07, 6.45) is 0.880. The molecule has 0 bridgehead atoms. The maximum atomic E-state index is 12.2. The minimum atomic E-state index is -0.396. The van der Waals surface area contributed by atoms with E-state index in [0.29, 0.717) is 23.7 Å². The summed E-state index contributed by atoms with van der Waals surface area (Å²) in [4.78, 5) is 24.9. The first-order valence-electron chi connectivity index (χ1n) is 9.29. The van der Waals surface area contributed by atoms with Gasteiger partial charge in [-0.05, 0) is 44.5 Å². The van der Waals surface area contributed by atoms with Gasteiger partial charge in [-0.2, -0.15) is 0 Å². The molecule has 0 spiro atoms. The monoisotopic (exact) mass is 378 g/mol. The Kier molecular flexibility index (Phi) is 4.50. The number of aryl methyl sites for hydroxylation is 2. The smallest absolute Gasteiger partial charge is 0.338 e. The molecular weight excluding hydrogens is 356 g/mol. The van der Waals surface area contributed by atoms with Crippen LogP contribution >= 0.6 is 0 Å². The van der Waals surface area contributed by atoms with Gasteiger partial charge in [0.15, 0.2) is 5.88 Å². The molecule has 7 nitrogen and oxygen atoms in total. The van der Waals surface area contributed by atoms with Gasteiger partial charge in [0.1, 0.15) is 17.0 Å². The summed E-state index contributed by atoms with van der Waals surface area (Å²) in [5, 5.41) is 1.03. The Morgan fingerprint density at radius 1 is 1.18 bits per heavy atom. The molecule has 1 N–H and O–H groups in total. The van der Waals surface area contributed by atoms with E-state index in [0.717, 1.165) is 40.2 Å². The van der Waals surface area contributed by atoms with Crippen molar-refractivity contribution in [3.8, 4) is 17.3 Å². The Bertz CT molecular complexity index is 1190. The van der Waals surface area contributed by atoms with Gasteiger partial charge in [0, 0.05) is 17.1 Å². The highest BCUT2D eigenvalue weighted by Crippen LogP contribution is 2.30. The first kappa shape index (κ1) is 18.0. The average molecular weight is 378 g/mol. The van der Waals surface area contributed by atoms with E-state index in [1.165, 1.54) is 0 Å². The zero-order chi connectivity index (χ0) is 19.8. The number of methoxy groups -OCH3 is 1. The van der Waals surface area contributed by atoms with Crippen molar-refractivity contribution >= 4 is 22.6 Å². The third kappa shape index (κ3) is 2.89. The van der Waals surface area contributed by atoms with E-state index in [2.05, 4.69) is 23.0 Å². The molecule has 4 aromatic rings. The number of esters is 1. The molecule has 7 heteroatoms. The fourth-order valence-electron chi connectivity index (χ4n) is 3.38. The van der Waals surface area contributed by atoms with E-state index in [1.807, 2.05) is 23.5 Å². The summed E-state index contributed by atoms with van der Waals surface area (Å²) in [7, 11) is 1.57. The van der Waals surface area contributed by atoms with Crippen molar-refractivity contribution in [2.24, 2.45) is 0 Å². The number of ether oxygens (including phenoxy) is 2. The average Bonchev–Trinajstić information content (AvgIpc) is 3.27. The number of nitrogens with one attached hydrogen (secondary N) is 1. The Hall–Kier alpha value is -3.35. The van der Waals surface area contributed by atoms with Crippen LogP contribution in [0.4, 0.5) is 0 Å². The van der Waals surface area contributed by atoms with Gasteiger partial charge in [0.2, 0.25) is 0 Å². The van der Waals surface area contributed by atoms with Crippen molar-refractivity contribution < 1.29 is 14.3 Å². The van der Waals surface area contributed by atoms with Gasteiger partial charge in [-0.1, -0.05) is 6.92 Å². The van der Waals surface area contributed by atoms with Crippen LogP contribution in [-0.4, -0.2) is 39.0 Å². The second-order valence-corrected chi connectivity index (χ2v) is 6.52. The van der Waals surface area contributed by atoms with E-state index >= 15 is 0 Å². The third-order valence-corrected chi connectivity index (χ3v) is 4.79. The quantitative estimate of drug-likeness (QED) is 0.532. The van der Waals surface area contributed by atoms with Crippen LogP contribution in [-0.2, 0) is 11.2 Å². The number of H-pyrrole nitrogens is 1. The van der Waals surface area contributed by atoms with Crippen molar-refractivity contribution in [1.29, 1.82) is 0 Å². The Labute approximate surface area is 162 Å². The highest BCUT2D eigenvalue weighted by atomic mass is 16.5. The Balaban J connectivity index is 1.88. The van der Waals surface area contributed by atoms with Crippen LogP contribution in [0.5, 0.6) is 5.88 Å². The SMILES string of the molecule is CCOC(=O)c1cc(OC)n2c(C)c(-c3cc4ccc(CC)nc4[nH]3)nc2c1. The number of rotatable bonds is 5. The number of fused-ring (bicyclic) bond motifs is 2. The molecule has 0 saturated heterocycles. The lowest BCUT2D eigenvalue weighted by Crippen LogP contribution is -2.07. The summed E-state index contributed by atoms with van der Waals surface area (Å²) in [6.45, 7) is 6.14. The highest BCUT2D eigenvalue weighted by Gasteiger charge is 2.19. The molecule has 0 unspecified atom stereocenters. The van der Waals surface area contributed by atoms with Crippen molar-refractivity contribution in [2.45, 2.75) is 27.2 Å². The van der Waals surface area contributed by atoms with Crippen LogP contribution in [0.3, 0.4) is 0 Å². The molecule has 0 aliphatic carbocycles. The summed E-state index contributed by atoms with van der Waals surface area (Å²) >= 11 is 0. The van der Waals surface area contributed by atoms with E-state index in [9.17, 15) is 4.79 Å². The minimum absolute atomic E-state index is 0.312. The second kappa shape index (κ2) is 6.99. The first-order chi connectivity index (χ1) is 13.5. The lowest BCUT2D eigenvalue weighted by atomic mass is 10.2. The number of hydrogen-bond donors (Lipinski definition) is 1. The summed E-state index contributed by atoms with van der Waals surface area (Å²) in [5.74, 6) is 0.131. The van der Waals surface area contributed by atoms with Crippen molar-refractivity contribution in [1.82, 2.24) is 19.4 Å². The zero-order valence-electron chi connectivity index (χ0n) is 16.4. The first-order valence-corrected chi connectivity index (χ1v) is 9.29. The molecular formula is C21H22N4O3.